The Morgan fingerprint density at radius 1 is 0.818 bits per heavy atom. The molecule has 1 fully saturated rings. The summed E-state index contributed by atoms with van der Waals surface area (Å²) in [4.78, 5) is 0. The van der Waals surface area contributed by atoms with Gasteiger partial charge < -0.3 is 0 Å². The van der Waals surface area contributed by atoms with Crippen LogP contribution in [0, 0.1) is 23.5 Å². The predicted molar refractivity (Wildman–Crippen MR) is 137 cm³/mol. The highest BCUT2D eigenvalue weighted by atomic mass is 35.5. The van der Waals surface area contributed by atoms with Gasteiger partial charge in [-0.1, -0.05) is 113 Å². The first-order chi connectivity index (χ1) is 16.0. The number of fused-ring (bicyclic) bond motifs is 1. The van der Waals surface area contributed by atoms with Crippen LogP contribution < -0.4 is 0 Å². The number of aryl methyl sites for hydroxylation is 1. The molecular weight excluding hydrogens is 434 g/mol. The normalized spacial score (nSPS) is 18.7. The van der Waals surface area contributed by atoms with Gasteiger partial charge in [0.25, 0.3) is 0 Å². The summed E-state index contributed by atoms with van der Waals surface area (Å²) in [5.41, 5.74) is 2.17. The molecule has 0 aliphatic heterocycles. The van der Waals surface area contributed by atoms with E-state index in [-0.39, 0.29) is 10.8 Å². The van der Waals surface area contributed by atoms with Crippen LogP contribution in [0.2, 0.25) is 5.02 Å². The van der Waals surface area contributed by atoms with Crippen molar-refractivity contribution in [3.05, 3.63) is 70.8 Å². The lowest BCUT2D eigenvalue weighted by Crippen LogP contribution is -2.15. The first-order valence-corrected chi connectivity index (χ1v) is 13.1. The second-order valence-corrected chi connectivity index (χ2v) is 10.3. The average molecular weight is 469 g/mol. The van der Waals surface area contributed by atoms with E-state index in [4.69, 9.17) is 11.6 Å². The summed E-state index contributed by atoms with van der Waals surface area (Å²) in [5.74, 6) is 0.934. The summed E-state index contributed by atoms with van der Waals surface area (Å²) in [5, 5.41) is 1.53. The van der Waals surface area contributed by atoms with Crippen molar-refractivity contribution < 1.29 is 8.78 Å². The number of unbranched alkanes of at least 4 members (excludes halogenated alkanes) is 3. The molecule has 1 aliphatic carbocycles. The number of halogens is 3. The molecule has 1 aliphatic rings. The monoisotopic (exact) mass is 468 g/mol. The molecule has 0 saturated heterocycles. The zero-order valence-corrected chi connectivity index (χ0v) is 20.4. The number of hydrogen-bond donors (Lipinski definition) is 0. The number of hydrogen-bond acceptors (Lipinski definition) is 0. The highest BCUT2D eigenvalue weighted by Crippen LogP contribution is 2.35. The van der Waals surface area contributed by atoms with E-state index in [0.717, 1.165) is 23.6 Å². The van der Waals surface area contributed by atoms with Crippen LogP contribution in [0.15, 0.2) is 48.5 Å². The molecule has 0 aromatic heterocycles. The van der Waals surface area contributed by atoms with E-state index in [2.05, 4.69) is 19.1 Å². The molecule has 0 amide bonds. The lowest BCUT2D eigenvalue weighted by molar-refractivity contribution is 0.249. The first-order valence-electron chi connectivity index (χ1n) is 12.7. The first kappa shape index (κ1) is 24.2. The lowest BCUT2D eigenvalue weighted by Gasteiger charge is -2.28. The van der Waals surface area contributed by atoms with E-state index >= 15 is 4.39 Å². The molecule has 0 nitrogen and oxygen atoms in total. The molecule has 3 aromatic carbocycles. The van der Waals surface area contributed by atoms with Crippen molar-refractivity contribution in [3.63, 3.8) is 0 Å². The van der Waals surface area contributed by atoms with Crippen molar-refractivity contribution in [2.24, 2.45) is 11.8 Å². The Hall–Kier alpha value is -1.93. The van der Waals surface area contributed by atoms with Crippen LogP contribution in [0.1, 0.15) is 76.7 Å². The lowest BCUT2D eigenvalue weighted by atomic mass is 9.77. The molecule has 1 saturated carbocycles. The van der Waals surface area contributed by atoms with Gasteiger partial charge in [0.05, 0.1) is 5.02 Å². The Morgan fingerprint density at radius 2 is 1.58 bits per heavy atom. The highest BCUT2D eigenvalue weighted by Gasteiger charge is 2.21. The third-order valence-electron chi connectivity index (χ3n) is 7.52. The fraction of sp³-hybridized carbons (Fsp3) is 0.467. The van der Waals surface area contributed by atoms with Gasteiger partial charge in [-0.15, -0.1) is 0 Å². The van der Waals surface area contributed by atoms with Gasteiger partial charge in [0, 0.05) is 10.9 Å². The summed E-state index contributed by atoms with van der Waals surface area (Å²) < 4.78 is 29.1. The van der Waals surface area contributed by atoms with Gasteiger partial charge in [-0.25, -0.2) is 8.78 Å². The summed E-state index contributed by atoms with van der Waals surface area (Å²) >= 11 is 5.78. The predicted octanol–water partition coefficient (Wildman–Crippen LogP) is 10.1. The Kier molecular flexibility index (Phi) is 8.41. The Labute approximate surface area is 202 Å². The molecule has 176 valence electrons. The summed E-state index contributed by atoms with van der Waals surface area (Å²) in [6, 6.07) is 14.1. The van der Waals surface area contributed by atoms with E-state index < -0.39 is 5.82 Å². The molecule has 0 radical (unpaired) electrons. The average Bonchev–Trinajstić information content (AvgIpc) is 2.83. The van der Waals surface area contributed by atoms with Gasteiger partial charge >= 0.3 is 0 Å². The minimum absolute atomic E-state index is 0.0463. The molecule has 3 aromatic rings. The van der Waals surface area contributed by atoms with Gasteiger partial charge in [0.2, 0.25) is 0 Å². The van der Waals surface area contributed by atoms with E-state index in [1.54, 1.807) is 12.1 Å². The van der Waals surface area contributed by atoms with Crippen molar-refractivity contribution in [3.8, 4) is 11.1 Å². The molecule has 33 heavy (non-hydrogen) atoms. The van der Waals surface area contributed by atoms with Gasteiger partial charge in [-0.05, 0) is 53.3 Å². The van der Waals surface area contributed by atoms with Crippen LogP contribution in [0.5, 0.6) is 0 Å². The van der Waals surface area contributed by atoms with Crippen LogP contribution in [-0.4, -0.2) is 0 Å². The van der Waals surface area contributed by atoms with E-state index in [0.29, 0.717) is 16.5 Å². The van der Waals surface area contributed by atoms with E-state index in [1.807, 2.05) is 12.1 Å². The van der Waals surface area contributed by atoms with E-state index in [1.165, 1.54) is 81.9 Å². The summed E-state index contributed by atoms with van der Waals surface area (Å²) in [6.45, 7) is 2.28. The molecule has 4 rings (SSSR count). The Morgan fingerprint density at radius 3 is 2.30 bits per heavy atom. The molecule has 0 N–H and O–H groups in total. The molecular formula is C30H35ClF2. The fourth-order valence-corrected chi connectivity index (χ4v) is 5.54. The molecule has 0 spiro atoms. The van der Waals surface area contributed by atoms with Gasteiger partial charge in [0.15, 0.2) is 0 Å². The van der Waals surface area contributed by atoms with Crippen LogP contribution in [0.4, 0.5) is 8.78 Å². The maximum Gasteiger partial charge on any atom is 0.142 e. The SMILES string of the molecule is CCCCCC[C@H]1CC[C@H](CCc2ccc3c(F)c(-c4ccc(Cl)c(F)c4)ccc3c2)CC1. The van der Waals surface area contributed by atoms with Crippen LogP contribution in [0.25, 0.3) is 21.9 Å². The second kappa shape index (κ2) is 11.5. The molecule has 3 heteroatoms. The molecule has 0 heterocycles. The van der Waals surface area contributed by atoms with Crippen molar-refractivity contribution in [2.75, 3.05) is 0 Å². The summed E-state index contributed by atoms with van der Waals surface area (Å²) in [7, 11) is 0. The van der Waals surface area contributed by atoms with Gasteiger partial charge in [-0.2, -0.15) is 0 Å². The summed E-state index contributed by atoms with van der Waals surface area (Å²) in [6.07, 6.45) is 14.7. The maximum atomic E-state index is 15.2. The molecule has 0 unspecified atom stereocenters. The maximum absolute atomic E-state index is 15.2. The number of rotatable bonds is 9. The van der Waals surface area contributed by atoms with Crippen LogP contribution >= 0.6 is 11.6 Å². The third-order valence-corrected chi connectivity index (χ3v) is 7.83. The van der Waals surface area contributed by atoms with Crippen LogP contribution in [0.3, 0.4) is 0 Å². The standard InChI is InChI=1S/C30H35ClF2/c1-2-3-4-5-6-21-7-9-22(10-8-21)11-12-23-13-16-26-24(19-23)14-17-27(30(26)33)25-15-18-28(31)29(32)20-25/h13-22H,2-12H2,1H3/t21-,22-. The smallest absolute Gasteiger partial charge is 0.142 e. The van der Waals surface area contributed by atoms with E-state index in [9.17, 15) is 4.39 Å². The zero-order chi connectivity index (χ0) is 23.2. The Balaban J connectivity index is 1.35. The van der Waals surface area contributed by atoms with Gasteiger partial charge in [0.1, 0.15) is 11.6 Å². The minimum atomic E-state index is -0.533. The topological polar surface area (TPSA) is 0 Å². The highest BCUT2D eigenvalue weighted by molar-refractivity contribution is 6.30. The number of benzene rings is 3. The Bertz CT molecular complexity index is 1070. The second-order valence-electron chi connectivity index (χ2n) is 9.89. The van der Waals surface area contributed by atoms with Gasteiger partial charge in [-0.3, -0.25) is 0 Å². The van der Waals surface area contributed by atoms with Crippen molar-refractivity contribution in [1.29, 1.82) is 0 Å². The fourth-order valence-electron chi connectivity index (χ4n) is 5.42. The van der Waals surface area contributed by atoms with Crippen LogP contribution in [-0.2, 0) is 6.42 Å². The third kappa shape index (κ3) is 6.15. The van der Waals surface area contributed by atoms with Crippen molar-refractivity contribution in [2.45, 2.75) is 77.6 Å². The largest absolute Gasteiger partial charge is 0.206 e. The van der Waals surface area contributed by atoms with Crippen molar-refractivity contribution in [1.82, 2.24) is 0 Å². The molecule has 0 bridgehead atoms. The minimum Gasteiger partial charge on any atom is -0.206 e. The quantitative estimate of drug-likeness (QED) is 0.274. The molecule has 0 atom stereocenters. The van der Waals surface area contributed by atoms with Crippen molar-refractivity contribution >= 4 is 22.4 Å². The zero-order valence-electron chi connectivity index (χ0n) is 19.7.